The molecule has 4 heteroatoms. The third-order valence-corrected chi connectivity index (χ3v) is 3.53. The van der Waals surface area contributed by atoms with Crippen molar-refractivity contribution in [1.29, 1.82) is 0 Å². The summed E-state index contributed by atoms with van der Waals surface area (Å²) in [6.45, 7) is 0.901. The van der Waals surface area contributed by atoms with E-state index >= 15 is 0 Å². The smallest absolute Gasteiger partial charge is 0.164 e. The maximum absolute atomic E-state index is 12.1. The van der Waals surface area contributed by atoms with E-state index in [1.807, 2.05) is 44.4 Å². The number of ketones is 1. The molecule has 0 aromatic heterocycles. The first-order chi connectivity index (χ1) is 8.02. The van der Waals surface area contributed by atoms with Crippen molar-refractivity contribution < 1.29 is 4.79 Å². The highest BCUT2D eigenvalue weighted by Crippen LogP contribution is 2.26. The third-order valence-electron chi connectivity index (χ3n) is 2.63. The number of carbonyl (C=O) groups excluding carboxylic acids is 1. The Morgan fingerprint density at radius 3 is 2.29 bits per heavy atom. The van der Waals surface area contributed by atoms with Gasteiger partial charge in [0.15, 0.2) is 5.78 Å². The number of alkyl halides is 2. The number of hydrogen-bond acceptors (Lipinski definition) is 2. The van der Waals surface area contributed by atoms with E-state index in [1.165, 1.54) is 0 Å². The van der Waals surface area contributed by atoms with Gasteiger partial charge in [-0.3, -0.25) is 4.79 Å². The van der Waals surface area contributed by atoms with E-state index in [2.05, 4.69) is 36.8 Å². The molecule has 1 rings (SSSR count). The van der Waals surface area contributed by atoms with Crippen LogP contribution in [0.1, 0.15) is 17.9 Å². The Kier molecular flexibility index (Phi) is 6.38. The highest BCUT2D eigenvalue weighted by molar-refractivity contribution is 9.25. The quantitative estimate of drug-likeness (QED) is 0.723. The summed E-state index contributed by atoms with van der Waals surface area (Å²) in [5.41, 5.74) is 1.09. The molecule has 1 atom stereocenters. The fourth-order valence-corrected chi connectivity index (χ4v) is 2.34. The molecule has 0 unspecified atom stereocenters. The van der Waals surface area contributed by atoms with Gasteiger partial charge in [0.25, 0.3) is 0 Å². The van der Waals surface area contributed by atoms with Crippen molar-refractivity contribution in [2.24, 2.45) is 0 Å². The van der Waals surface area contributed by atoms with Gasteiger partial charge in [0.1, 0.15) is 3.74 Å². The Bertz CT molecular complexity index is 352. The monoisotopic (exact) mass is 361 g/mol. The van der Waals surface area contributed by atoms with Gasteiger partial charge < -0.3 is 4.90 Å². The van der Waals surface area contributed by atoms with Crippen molar-refractivity contribution in [3.05, 3.63) is 35.9 Å². The maximum atomic E-state index is 12.1. The van der Waals surface area contributed by atoms with Crippen LogP contribution in [-0.2, 0) is 4.79 Å². The molecule has 0 radical (unpaired) electrons. The molecule has 0 saturated carbocycles. The van der Waals surface area contributed by atoms with Crippen LogP contribution in [0.3, 0.4) is 0 Å². The molecular weight excluding hydrogens is 346 g/mol. The minimum atomic E-state index is -0.276. The predicted molar refractivity (Wildman–Crippen MR) is 79.0 cm³/mol. The summed E-state index contributed by atoms with van der Waals surface area (Å²) >= 11 is 6.60. The molecule has 0 aliphatic carbocycles. The molecule has 0 spiro atoms. The van der Waals surface area contributed by atoms with Crippen LogP contribution in [0.2, 0.25) is 0 Å². The second-order valence-electron chi connectivity index (χ2n) is 4.26. The number of benzene rings is 1. The van der Waals surface area contributed by atoms with E-state index in [1.54, 1.807) is 0 Å². The molecule has 1 aromatic rings. The zero-order chi connectivity index (χ0) is 12.8. The minimum Gasteiger partial charge on any atom is -0.309 e. The molecule has 0 amide bonds. The van der Waals surface area contributed by atoms with E-state index in [-0.39, 0.29) is 15.4 Å². The van der Waals surface area contributed by atoms with E-state index in [0.29, 0.717) is 0 Å². The maximum Gasteiger partial charge on any atom is 0.164 e. The zero-order valence-electron chi connectivity index (χ0n) is 10.1. The van der Waals surface area contributed by atoms with Crippen LogP contribution in [0.4, 0.5) is 0 Å². The van der Waals surface area contributed by atoms with Crippen molar-refractivity contribution in [3.8, 4) is 0 Å². The van der Waals surface area contributed by atoms with E-state index in [0.717, 1.165) is 18.5 Å². The Balaban J connectivity index is 2.83. The van der Waals surface area contributed by atoms with E-state index in [9.17, 15) is 4.79 Å². The van der Waals surface area contributed by atoms with Crippen molar-refractivity contribution in [1.82, 2.24) is 4.90 Å². The van der Waals surface area contributed by atoms with Gasteiger partial charge in [-0.05, 0) is 32.6 Å². The SMILES string of the molecule is CN(C)CC[C@H](C(=O)C(Br)Br)c1ccccc1. The number of nitrogens with zero attached hydrogens (tertiary/aromatic N) is 1. The van der Waals surface area contributed by atoms with Crippen molar-refractivity contribution in [3.63, 3.8) is 0 Å². The molecular formula is C13H17Br2NO. The first-order valence-electron chi connectivity index (χ1n) is 5.54. The van der Waals surface area contributed by atoms with Gasteiger partial charge in [-0.25, -0.2) is 0 Å². The molecule has 0 saturated heterocycles. The summed E-state index contributed by atoms with van der Waals surface area (Å²) in [6.07, 6.45) is 0.837. The first kappa shape index (κ1) is 14.9. The Hall–Kier alpha value is -0.190. The second kappa shape index (κ2) is 7.29. The Morgan fingerprint density at radius 1 is 1.24 bits per heavy atom. The van der Waals surface area contributed by atoms with Gasteiger partial charge in [-0.2, -0.15) is 0 Å². The fourth-order valence-electron chi connectivity index (χ4n) is 1.70. The highest BCUT2D eigenvalue weighted by atomic mass is 79.9. The molecule has 94 valence electrons. The summed E-state index contributed by atoms with van der Waals surface area (Å²) in [6, 6.07) is 9.95. The van der Waals surface area contributed by atoms with Gasteiger partial charge in [-0.1, -0.05) is 62.2 Å². The lowest BCUT2D eigenvalue weighted by Gasteiger charge is -2.19. The summed E-state index contributed by atoms with van der Waals surface area (Å²) in [7, 11) is 4.04. The van der Waals surface area contributed by atoms with E-state index < -0.39 is 0 Å². The molecule has 17 heavy (non-hydrogen) atoms. The summed E-state index contributed by atoms with van der Waals surface area (Å²) in [5, 5.41) is 0. The number of rotatable bonds is 6. The second-order valence-corrected chi connectivity index (χ2v) is 7.32. The van der Waals surface area contributed by atoms with Gasteiger partial charge in [-0.15, -0.1) is 0 Å². The molecule has 2 nitrogen and oxygen atoms in total. The predicted octanol–water partition coefficient (Wildman–Crippen LogP) is 3.41. The lowest BCUT2D eigenvalue weighted by molar-refractivity contribution is -0.118. The standard InChI is InChI=1S/C13H17Br2NO/c1-16(2)9-8-11(12(17)13(14)15)10-6-4-3-5-7-10/h3-7,11,13H,8-9H2,1-2H3/t11-/m0/s1. The largest absolute Gasteiger partial charge is 0.309 e. The topological polar surface area (TPSA) is 20.3 Å². The zero-order valence-corrected chi connectivity index (χ0v) is 13.2. The molecule has 0 aliphatic heterocycles. The van der Waals surface area contributed by atoms with Crippen LogP contribution in [-0.4, -0.2) is 35.1 Å². The molecule has 0 bridgehead atoms. The normalized spacial score (nSPS) is 13.1. The van der Waals surface area contributed by atoms with Crippen molar-refractivity contribution in [2.45, 2.75) is 16.1 Å². The minimum absolute atomic E-state index is 0.0534. The van der Waals surface area contributed by atoms with Crippen LogP contribution in [0.25, 0.3) is 0 Å². The molecule has 0 fully saturated rings. The van der Waals surface area contributed by atoms with Gasteiger partial charge in [0.05, 0.1) is 0 Å². The average molecular weight is 363 g/mol. The molecule has 0 heterocycles. The molecule has 0 aliphatic rings. The first-order valence-corrected chi connectivity index (χ1v) is 7.37. The number of carbonyl (C=O) groups is 1. The number of Topliss-reactive ketones (excluding diaryl/α,β-unsaturated/α-hetero) is 1. The Labute approximate surface area is 120 Å². The highest BCUT2D eigenvalue weighted by Gasteiger charge is 2.24. The summed E-state index contributed by atoms with van der Waals surface area (Å²) < 4.78 is -0.276. The Morgan fingerprint density at radius 2 is 1.82 bits per heavy atom. The van der Waals surface area contributed by atoms with Gasteiger partial charge in [0.2, 0.25) is 0 Å². The van der Waals surface area contributed by atoms with Gasteiger partial charge >= 0.3 is 0 Å². The number of halogens is 2. The summed E-state index contributed by atoms with van der Waals surface area (Å²) in [5.74, 6) is 0.125. The molecule has 0 N–H and O–H groups in total. The van der Waals surface area contributed by atoms with Crippen LogP contribution in [0.15, 0.2) is 30.3 Å². The lowest BCUT2D eigenvalue weighted by Crippen LogP contribution is -2.23. The third kappa shape index (κ3) is 4.90. The van der Waals surface area contributed by atoms with Crippen LogP contribution >= 0.6 is 31.9 Å². The van der Waals surface area contributed by atoms with Crippen LogP contribution in [0, 0.1) is 0 Å². The van der Waals surface area contributed by atoms with Crippen LogP contribution in [0.5, 0.6) is 0 Å². The van der Waals surface area contributed by atoms with Crippen molar-refractivity contribution in [2.75, 3.05) is 20.6 Å². The number of hydrogen-bond donors (Lipinski definition) is 0. The summed E-state index contributed by atoms with van der Waals surface area (Å²) in [4.78, 5) is 14.2. The fraction of sp³-hybridized carbons (Fsp3) is 0.462. The van der Waals surface area contributed by atoms with Crippen molar-refractivity contribution >= 4 is 37.6 Å². The molecule has 1 aromatic carbocycles. The van der Waals surface area contributed by atoms with Crippen LogP contribution < -0.4 is 0 Å². The van der Waals surface area contributed by atoms with Gasteiger partial charge in [0, 0.05) is 5.92 Å². The average Bonchev–Trinajstić information content (AvgIpc) is 2.30. The lowest BCUT2D eigenvalue weighted by atomic mass is 9.92. The van der Waals surface area contributed by atoms with E-state index in [4.69, 9.17) is 0 Å².